The van der Waals surface area contributed by atoms with Crippen molar-refractivity contribution in [3.63, 3.8) is 0 Å². The highest BCUT2D eigenvalue weighted by Crippen LogP contribution is 2.38. The van der Waals surface area contributed by atoms with Gasteiger partial charge in [-0.3, -0.25) is 4.79 Å². The van der Waals surface area contributed by atoms with Gasteiger partial charge in [-0.25, -0.2) is 0 Å². The maximum absolute atomic E-state index is 12.6. The van der Waals surface area contributed by atoms with Crippen LogP contribution >= 0.6 is 0 Å². The maximum Gasteiger partial charge on any atom is 0.257 e. The van der Waals surface area contributed by atoms with Crippen LogP contribution in [0.1, 0.15) is 47.1 Å². The van der Waals surface area contributed by atoms with Crippen LogP contribution in [0.3, 0.4) is 0 Å². The lowest BCUT2D eigenvalue weighted by Crippen LogP contribution is -2.24. The molecule has 0 bridgehead atoms. The average Bonchev–Trinajstić information content (AvgIpc) is 3.00. The van der Waals surface area contributed by atoms with Crippen LogP contribution in [-0.2, 0) is 6.54 Å². The van der Waals surface area contributed by atoms with E-state index in [-0.39, 0.29) is 11.8 Å². The quantitative estimate of drug-likeness (QED) is 0.828. The van der Waals surface area contributed by atoms with Gasteiger partial charge >= 0.3 is 0 Å². The first-order valence-electron chi connectivity index (χ1n) is 7.96. The summed E-state index contributed by atoms with van der Waals surface area (Å²) >= 11 is 0. The zero-order valence-corrected chi connectivity index (χ0v) is 15.4. The molecule has 0 fully saturated rings. The number of carbonyl (C=O) groups is 1. The molecule has 25 heavy (non-hydrogen) atoms. The highest BCUT2D eigenvalue weighted by Gasteiger charge is 2.22. The van der Waals surface area contributed by atoms with Gasteiger partial charge in [-0.2, -0.15) is 0 Å². The molecule has 1 amide bonds. The number of nitrogens with zero attached hydrogens (tertiary/aromatic N) is 1. The van der Waals surface area contributed by atoms with E-state index in [1.165, 1.54) is 0 Å². The lowest BCUT2D eigenvalue weighted by atomic mass is 10.0. The molecule has 0 aliphatic heterocycles. The Kier molecular flexibility index (Phi) is 5.90. The molecule has 0 saturated carbocycles. The summed E-state index contributed by atoms with van der Waals surface area (Å²) in [5.41, 5.74) is 1.89. The van der Waals surface area contributed by atoms with Gasteiger partial charge in [-0.05, 0) is 24.6 Å². The Balaban J connectivity index is 2.21. The Hall–Kier alpha value is -2.70. The molecular weight excluding hydrogens is 324 g/mol. The van der Waals surface area contributed by atoms with Crippen molar-refractivity contribution in [3.8, 4) is 17.2 Å². The van der Waals surface area contributed by atoms with Gasteiger partial charge in [0.1, 0.15) is 5.56 Å². The molecule has 0 unspecified atom stereocenters. The number of amides is 1. The Bertz CT molecular complexity index is 727. The minimum absolute atomic E-state index is 0.0723. The molecule has 2 rings (SSSR count). The topological polar surface area (TPSA) is 82.8 Å². The monoisotopic (exact) mass is 348 g/mol. The third kappa shape index (κ3) is 3.87. The number of rotatable bonds is 7. The van der Waals surface area contributed by atoms with Gasteiger partial charge in [-0.15, -0.1) is 0 Å². The number of carbonyl (C=O) groups excluding carboxylic acids is 1. The molecular formula is C18H24N2O5. The van der Waals surface area contributed by atoms with E-state index in [2.05, 4.69) is 10.5 Å². The standard InChI is InChI=1S/C18H24N2O5/c1-10(2)16-15(11(3)20-25-16)18(21)19-9-12-7-13(22-4)17(24-6)14(8-12)23-5/h7-8,10H,9H2,1-6H3,(H,19,21). The van der Waals surface area contributed by atoms with E-state index in [0.717, 1.165) is 5.56 Å². The molecule has 0 aliphatic rings. The summed E-state index contributed by atoms with van der Waals surface area (Å²) < 4.78 is 21.2. The van der Waals surface area contributed by atoms with Gasteiger partial charge < -0.3 is 24.1 Å². The van der Waals surface area contributed by atoms with Crippen molar-refractivity contribution in [1.82, 2.24) is 10.5 Å². The Labute approximate surface area is 147 Å². The van der Waals surface area contributed by atoms with E-state index in [1.54, 1.807) is 40.4 Å². The zero-order chi connectivity index (χ0) is 18.6. The van der Waals surface area contributed by atoms with Crippen LogP contribution < -0.4 is 19.5 Å². The molecule has 0 aliphatic carbocycles. The fraction of sp³-hybridized carbons (Fsp3) is 0.444. The molecule has 0 radical (unpaired) electrons. The minimum atomic E-state index is -0.226. The summed E-state index contributed by atoms with van der Waals surface area (Å²) in [5.74, 6) is 2.02. The van der Waals surface area contributed by atoms with Crippen LogP contribution in [0, 0.1) is 6.92 Å². The van der Waals surface area contributed by atoms with Gasteiger partial charge in [-0.1, -0.05) is 19.0 Å². The van der Waals surface area contributed by atoms with Crippen molar-refractivity contribution >= 4 is 5.91 Å². The number of nitrogens with one attached hydrogen (secondary N) is 1. The summed E-state index contributed by atoms with van der Waals surface area (Å²) in [7, 11) is 4.65. The van der Waals surface area contributed by atoms with Crippen molar-refractivity contribution in [2.45, 2.75) is 33.2 Å². The predicted octanol–water partition coefficient (Wildman–Crippen LogP) is 3.06. The van der Waals surface area contributed by atoms with Crippen molar-refractivity contribution < 1.29 is 23.5 Å². The fourth-order valence-corrected chi connectivity index (χ4v) is 2.57. The van der Waals surface area contributed by atoms with Crippen molar-refractivity contribution in [2.75, 3.05) is 21.3 Å². The number of hydrogen-bond donors (Lipinski definition) is 1. The van der Waals surface area contributed by atoms with E-state index in [1.807, 2.05) is 13.8 Å². The van der Waals surface area contributed by atoms with Crippen LogP contribution in [0.5, 0.6) is 17.2 Å². The predicted molar refractivity (Wildman–Crippen MR) is 92.6 cm³/mol. The Morgan fingerprint density at radius 3 is 2.24 bits per heavy atom. The highest BCUT2D eigenvalue weighted by atomic mass is 16.5. The molecule has 1 heterocycles. The summed E-state index contributed by atoms with van der Waals surface area (Å²) in [6, 6.07) is 3.59. The zero-order valence-electron chi connectivity index (χ0n) is 15.4. The summed E-state index contributed by atoms with van der Waals surface area (Å²) in [4.78, 5) is 12.6. The Morgan fingerprint density at radius 1 is 1.16 bits per heavy atom. The van der Waals surface area contributed by atoms with Gasteiger partial charge in [0, 0.05) is 12.5 Å². The third-order valence-corrected chi connectivity index (χ3v) is 3.82. The Morgan fingerprint density at radius 2 is 1.76 bits per heavy atom. The van der Waals surface area contributed by atoms with Gasteiger partial charge in [0.15, 0.2) is 17.3 Å². The second-order valence-electron chi connectivity index (χ2n) is 5.88. The van der Waals surface area contributed by atoms with E-state index in [9.17, 15) is 4.79 Å². The molecule has 1 aromatic carbocycles. The summed E-state index contributed by atoms with van der Waals surface area (Å²) in [5, 5.41) is 6.79. The SMILES string of the molecule is COc1cc(CNC(=O)c2c(C)noc2C(C)C)cc(OC)c1OC. The average molecular weight is 348 g/mol. The molecule has 0 spiro atoms. The van der Waals surface area contributed by atoms with Crippen molar-refractivity contribution in [3.05, 3.63) is 34.7 Å². The molecule has 0 atom stereocenters. The molecule has 7 heteroatoms. The molecule has 7 nitrogen and oxygen atoms in total. The van der Waals surface area contributed by atoms with E-state index < -0.39 is 0 Å². The number of benzene rings is 1. The summed E-state index contributed by atoms with van der Waals surface area (Å²) in [6.45, 7) is 5.97. The third-order valence-electron chi connectivity index (χ3n) is 3.82. The van der Waals surface area contributed by atoms with Gasteiger partial charge in [0.2, 0.25) is 5.75 Å². The second-order valence-corrected chi connectivity index (χ2v) is 5.88. The smallest absolute Gasteiger partial charge is 0.257 e. The van der Waals surface area contributed by atoms with Gasteiger partial charge in [0.05, 0.1) is 27.0 Å². The van der Waals surface area contributed by atoms with Crippen LogP contribution in [-0.4, -0.2) is 32.4 Å². The van der Waals surface area contributed by atoms with E-state index >= 15 is 0 Å². The van der Waals surface area contributed by atoms with E-state index in [0.29, 0.717) is 40.8 Å². The van der Waals surface area contributed by atoms with E-state index in [4.69, 9.17) is 18.7 Å². The first kappa shape index (κ1) is 18.6. The summed E-state index contributed by atoms with van der Waals surface area (Å²) in [6.07, 6.45) is 0. The number of aryl methyl sites for hydroxylation is 1. The number of methoxy groups -OCH3 is 3. The molecule has 136 valence electrons. The van der Waals surface area contributed by atoms with Crippen LogP contribution in [0.25, 0.3) is 0 Å². The maximum atomic E-state index is 12.6. The number of aromatic nitrogens is 1. The number of ether oxygens (including phenoxy) is 3. The molecule has 0 saturated heterocycles. The van der Waals surface area contributed by atoms with Crippen molar-refractivity contribution in [1.29, 1.82) is 0 Å². The lowest BCUT2D eigenvalue weighted by Gasteiger charge is -2.14. The largest absolute Gasteiger partial charge is 0.493 e. The molecule has 2 aromatic rings. The van der Waals surface area contributed by atoms with Crippen LogP contribution in [0.2, 0.25) is 0 Å². The van der Waals surface area contributed by atoms with Crippen LogP contribution in [0.15, 0.2) is 16.7 Å². The minimum Gasteiger partial charge on any atom is -0.493 e. The molecule has 1 N–H and O–H groups in total. The van der Waals surface area contributed by atoms with Crippen LogP contribution in [0.4, 0.5) is 0 Å². The first-order valence-corrected chi connectivity index (χ1v) is 7.96. The number of hydrogen-bond acceptors (Lipinski definition) is 6. The fourth-order valence-electron chi connectivity index (χ4n) is 2.57. The second kappa shape index (κ2) is 7.92. The molecule has 1 aromatic heterocycles. The lowest BCUT2D eigenvalue weighted by molar-refractivity contribution is 0.0947. The first-order chi connectivity index (χ1) is 11.9. The normalized spacial score (nSPS) is 10.7. The van der Waals surface area contributed by atoms with Crippen molar-refractivity contribution in [2.24, 2.45) is 0 Å². The highest BCUT2D eigenvalue weighted by molar-refractivity contribution is 5.96. The van der Waals surface area contributed by atoms with Gasteiger partial charge in [0.25, 0.3) is 5.91 Å².